The van der Waals surface area contributed by atoms with Crippen molar-refractivity contribution in [2.45, 2.75) is 19.9 Å². The molecule has 18 heavy (non-hydrogen) atoms. The van der Waals surface area contributed by atoms with Crippen LogP contribution in [0.2, 0.25) is 0 Å². The molecule has 98 valence electrons. The van der Waals surface area contributed by atoms with Gasteiger partial charge in [0.1, 0.15) is 0 Å². The maximum Gasteiger partial charge on any atom is 0.364 e. The maximum absolute atomic E-state index is 12.2. The largest absolute Gasteiger partial charge is 0.384 e. The van der Waals surface area contributed by atoms with Gasteiger partial charge >= 0.3 is 5.82 Å². The van der Waals surface area contributed by atoms with Gasteiger partial charge < -0.3 is 20.3 Å². The lowest BCUT2D eigenvalue weighted by Gasteiger charge is -2.22. The predicted molar refractivity (Wildman–Crippen MR) is 67.7 cm³/mol. The summed E-state index contributed by atoms with van der Waals surface area (Å²) < 4.78 is 0. The van der Waals surface area contributed by atoms with E-state index < -0.39 is 4.92 Å². The second-order valence-electron chi connectivity index (χ2n) is 4.11. The van der Waals surface area contributed by atoms with Crippen LogP contribution in [-0.4, -0.2) is 40.9 Å². The first kappa shape index (κ1) is 13.9. The quantitative estimate of drug-likeness (QED) is 0.648. The molecule has 1 aromatic heterocycles. The fourth-order valence-electron chi connectivity index (χ4n) is 1.34. The highest BCUT2D eigenvalue weighted by atomic mass is 16.6. The summed E-state index contributed by atoms with van der Waals surface area (Å²) in [6.45, 7) is 3.74. The number of hydrogen-bond donors (Lipinski definition) is 1. The van der Waals surface area contributed by atoms with Crippen molar-refractivity contribution in [2.24, 2.45) is 0 Å². The first-order chi connectivity index (χ1) is 8.38. The number of hydrogen-bond acceptors (Lipinski definition) is 5. The van der Waals surface area contributed by atoms with Crippen LogP contribution in [0.25, 0.3) is 0 Å². The summed E-state index contributed by atoms with van der Waals surface area (Å²) in [5.74, 6) is -0.616. The highest BCUT2D eigenvalue weighted by Gasteiger charge is 2.22. The van der Waals surface area contributed by atoms with Gasteiger partial charge in [-0.2, -0.15) is 0 Å². The second kappa shape index (κ2) is 5.44. The molecule has 0 saturated heterocycles. The maximum atomic E-state index is 12.2. The number of amides is 1. The molecule has 7 nitrogen and oxygen atoms in total. The van der Waals surface area contributed by atoms with Crippen molar-refractivity contribution in [1.29, 1.82) is 0 Å². The SMILES string of the molecule is CNc1cnc([N+](=O)[O-])cc1C(=O)N(C)C(C)C. The fourth-order valence-corrected chi connectivity index (χ4v) is 1.34. The Bertz CT molecular complexity index is 473. The van der Waals surface area contributed by atoms with Gasteiger partial charge in [-0.15, -0.1) is 0 Å². The number of carbonyl (C=O) groups is 1. The molecule has 1 amide bonds. The van der Waals surface area contributed by atoms with Crippen LogP contribution in [0.1, 0.15) is 24.2 Å². The van der Waals surface area contributed by atoms with Gasteiger partial charge in [0.2, 0.25) is 0 Å². The van der Waals surface area contributed by atoms with Gasteiger partial charge in [-0.3, -0.25) is 4.79 Å². The minimum atomic E-state index is -0.619. The normalized spacial score (nSPS) is 10.3. The van der Waals surface area contributed by atoms with Crippen LogP contribution < -0.4 is 5.32 Å². The Kier molecular flexibility index (Phi) is 4.19. The molecule has 0 fully saturated rings. The number of aromatic nitrogens is 1. The van der Waals surface area contributed by atoms with E-state index >= 15 is 0 Å². The zero-order valence-corrected chi connectivity index (χ0v) is 10.8. The first-order valence-electron chi connectivity index (χ1n) is 5.47. The lowest BCUT2D eigenvalue weighted by molar-refractivity contribution is -0.389. The molecule has 0 aromatic carbocycles. The molecule has 0 atom stereocenters. The zero-order valence-electron chi connectivity index (χ0n) is 10.8. The average Bonchev–Trinajstić information content (AvgIpc) is 2.35. The molecule has 7 heteroatoms. The predicted octanol–water partition coefficient (Wildman–Crippen LogP) is 1.51. The van der Waals surface area contributed by atoms with Crippen molar-refractivity contribution in [1.82, 2.24) is 9.88 Å². The van der Waals surface area contributed by atoms with Crippen molar-refractivity contribution in [2.75, 3.05) is 19.4 Å². The molecule has 0 bridgehead atoms. The Hall–Kier alpha value is -2.18. The summed E-state index contributed by atoms with van der Waals surface area (Å²) in [7, 11) is 3.29. The van der Waals surface area contributed by atoms with Crippen LogP contribution in [0.15, 0.2) is 12.3 Å². The molecule has 0 saturated carbocycles. The third kappa shape index (κ3) is 2.73. The van der Waals surface area contributed by atoms with Gasteiger partial charge in [-0.25, -0.2) is 0 Å². The number of nitrogens with zero attached hydrogens (tertiary/aromatic N) is 3. The highest BCUT2D eigenvalue weighted by molar-refractivity contribution is 5.99. The number of nitrogens with one attached hydrogen (secondary N) is 1. The molecule has 0 aliphatic rings. The van der Waals surface area contributed by atoms with E-state index in [0.717, 1.165) is 0 Å². The number of pyridine rings is 1. The lowest BCUT2D eigenvalue weighted by Crippen LogP contribution is -2.33. The fraction of sp³-hybridized carbons (Fsp3) is 0.455. The molecule has 0 radical (unpaired) electrons. The van der Waals surface area contributed by atoms with Crippen LogP contribution in [-0.2, 0) is 0 Å². The van der Waals surface area contributed by atoms with Crippen molar-refractivity contribution in [3.8, 4) is 0 Å². The van der Waals surface area contributed by atoms with Gasteiger partial charge in [0.25, 0.3) is 5.91 Å². The molecule has 0 spiro atoms. The van der Waals surface area contributed by atoms with Gasteiger partial charge in [0.15, 0.2) is 6.20 Å². The average molecular weight is 252 g/mol. The summed E-state index contributed by atoms with van der Waals surface area (Å²) in [5.41, 5.74) is 0.716. The number of anilines is 1. The van der Waals surface area contributed by atoms with Gasteiger partial charge in [0, 0.05) is 20.1 Å². The first-order valence-corrected chi connectivity index (χ1v) is 5.47. The van der Waals surface area contributed by atoms with Crippen LogP contribution in [0, 0.1) is 10.1 Å². The van der Waals surface area contributed by atoms with E-state index in [9.17, 15) is 14.9 Å². The van der Waals surface area contributed by atoms with E-state index in [2.05, 4.69) is 10.3 Å². The summed E-state index contributed by atoms with van der Waals surface area (Å²) in [4.78, 5) is 27.4. The smallest absolute Gasteiger partial charge is 0.364 e. The van der Waals surface area contributed by atoms with Gasteiger partial charge in [0.05, 0.1) is 17.3 Å². The summed E-state index contributed by atoms with van der Waals surface area (Å²) in [6, 6.07) is 1.20. The molecule has 0 aliphatic heterocycles. The Morgan fingerprint density at radius 2 is 2.17 bits per heavy atom. The minimum absolute atomic E-state index is 0.00873. The van der Waals surface area contributed by atoms with Crippen LogP contribution in [0.5, 0.6) is 0 Å². The van der Waals surface area contributed by atoms with E-state index in [4.69, 9.17) is 0 Å². The topological polar surface area (TPSA) is 88.4 Å². The van der Waals surface area contributed by atoms with Crippen LogP contribution in [0.4, 0.5) is 11.5 Å². The molecule has 0 aliphatic carbocycles. The standard InChI is InChI=1S/C11H16N4O3/c1-7(2)14(4)11(16)8-5-10(15(17)18)13-6-9(8)12-3/h5-7,12H,1-4H3. The molecule has 1 rings (SSSR count). The third-order valence-electron chi connectivity index (χ3n) is 2.67. The number of carbonyl (C=O) groups excluding carboxylic acids is 1. The Morgan fingerprint density at radius 3 is 2.61 bits per heavy atom. The second-order valence-corrected chi connectivity index (χ2v) is 4.11. The molecule has 1 N–H and O–H groups in total. The lowest BCUT2D eigenvalue weighted by atomic mass is 10.1. The molecular weight excluding hydrogens is 236 g/mol. The Labute approximate surface area is 105 Å². The third-order valence-corrected chi connectivity index (χ3v) is 2.67. The van der Waals surface area contributed by atoms with Crippen LogP contribution in [0.3, 0.4) is 0 Å². The monoisotopic (exact) mass is 252 g/mol. The number of nitro groups is 1. The van der Waals surface area contributed by atoms with E-state index in [0.29, 0.717) is 5.69 Å². The van der Waals surface area contributed by atoms with Gasteiger partial charge in [-0.05, 0) is 23.8 Å². The molecule has 0 unspecified atom stereocenters. The van der Waals surface area contributed by atoms with E-state index in [1.165, 1.54) is 17.2 Å². The molecule has 1 heterocycles. The summed E-state index contributed by atoms with van der Waals surface area (Å²) in [6.07, 6.45) is 1.29. The molecular formula is C11H16N4O3. The zero-order chi connectivity index (χ0) is 13.9. The Balaban J connectivity index is 3.23. The van der Waals surface area contributed by atoms with Crippen molar-refractivity contribution < 1.29 is 9.72 Å². The van der Waals surface area contributed by atoms with Crippen LogP contribution >= 0.6 is 0 Å². The van der Waals surface area contributed by atoms with Crippen molar-refractivity contribution in [3.05, 3.63) is 27.9 Å². The minimum Gasteiger partial charge on any atom is -0.384 e. The van der Waals surface area contributed by atoms with E-state index in [1.54, 1.807) is 14.1 Å². The Morgan fingerprint density at radius 1 is 1.56 bits per heavy atom. The summed E-state index contributed by atoms with van der Waals surface area (Å²) >= 11 is 0. The van der Waals surface area contributed by atoms with Crippen molar-refractivity contribution >= 4 is 17.4 Å². The highest BCUT2D eigenvalue weighted by Crippen LogP contribution is 2.20. The van der Waals surface area contributed by atoms with Gasteiger partial charge in [-0.1, -0.05) is 0 Å². The number of rotatable bonds is 4. The van der Waals surface area contributed by atoms with E-state index in [-0.39, 0.29) is 23.3 Å². The molecule has 1 aromatic rings. The van der Waals surface area contributed by atoms with Crippen molar-refractivity contribution in [3.63, 3.8) is 0 Å². The summed E-state index contributed by atoms with van der Waals surface area (Å²) in [5, 5.41) is 13.5. The van der Waals surface area contributed by atoms with E-state index in [1.807, 2.05) is 13.8 Å².